The molecule has 10 heteroatoms. The van der Waals surface area contributed by atoms with E-state index in [1.165, 1.54) is 24.3 Å². The normalized spacial score (nSPS) is 16.7. The van der Waals surface area contributed by atoms with Gasteiger partial charge >= 0.3 is 0 Å². The average Bonchev–Trinajstić information content (AvgIpc) is 3.57. The predicted molar refractivity (Wildman–Crippen MR) is 173 cm³/mol. The topological polar surface area (TPSA) is 103 Å². The Morgan fingerprint density at radius 2 is 1.87 bits per heavy atom. The van der Waals surface area contributed by atoms with Gasteiger partial charge in [-0.05, 0) is 60.4 Å². The predicted octanol–water partition coefficient (Wildman–Crippen LogP) is 7.24. The fraction of sp³-hybridized carbons (Fsp3) is 0.486. The first kappa shape index (κ1) is 33.8. The number of anilines is 1. The van der Waals surface area contributed by atoms with Crippen LogP contribution < -0.4 is 10.6 Å². The maximum Gasteiger partial charge on any atom is 0.264 e. The molecule has 2 aromatic carbocycles. The van der Waals surface area contributed by atoms with Gasteiger partial charge < -0.3 is 14.8 Å². The van der Waals surface area contributed by atoms with Gasteiger partial charge in [0.15, 0.2) is 0 Å². The Morgan fingerprint density at radius 1 is 1.13 bits per heavy atom. The third-order valence-electron chi connectivity index (χ3n) is 8.31. The van der Waals surface area contributed by atoms with Crippen LogP contribution in [0.4, 0.5) is 14.7 Å². The highest BCUT2D eigenvalue weighted by atomic mass is 19.3. The first-order valence-electron chi connectivity index (χ1n) is 15.4. The molecule has 8 nitrogen and oxygen atoms in total. The second kappa shape index (κ2) is 13.5. The lowest BCUT2D eigenvalue weighted by Crippen LogP contribution is -2.39. The summed E-state index contributed by atoms with van der Waals surface area (Å²) >= 11 is 0. The van der Waals surface area contributed by atoms with E-state index < -0.39 is 12.3 Å². The molecule has 1 aliphatic rings. The second-order valence-corrected chi connectivity index (χ2v) is 14.0. The van der Waals surface area contributed by atoms with E-state index in [0.717, 1.165) is 23.9 Å². The standard InChI is InChI=1S/C35H44F2N6O2/c1-22(35(5,6)7)39-20-23-13-14-29-28(16-23)40-33(41-31(44)25-11-8-10-24(17-25)30(36)37)43(29)21-27-12-9-15-42(27)32(45)26(19-38)18-34(2,3)4/h8,10-11,13-14,16-18,22,27,30,39H,9,12,15,20-21H2,1-7H3,(H,40,41,44). The molecule has 45 heavy (non-hydrogen) atoms. The van der Waals surface area contributed by atoms with Crippen LogP contribution in [0.2, 0.25) is 0 Å². The molecular formula is C35H44F2N6O2. The number of nitrogens with zero attached hydrogens (tertiary/aromatic N) is 4. The number of halogens is 2. The molecule has 1 saturated heterocycles. The SMILES string of the molecule is CC(NCc1ccc2c(c1)nc(NC(=O)c1cccc(C(F)F)c1)n2CC1CCCN1C(=O)C(C#N)=CC(C)(C)C)C(C)(C)C. The van der Waals surface area contributed by atoms with E-state index in [2.05, 4.69) is 44.4 Å². The summed E-state index contributed by atoms with van der Waals surface area (Å²) in [7, 11) is 0. The van der Waals surface area contributed by atoms with Crippen LogP contribution >= 0.6 is 0 Å². The number of rotatable bonds is 9. The molecule has 0 radical (unpaired) electrons. The van der Waals surface area contributed by atoms with Crippen molar-refractivity contribution < 1.29 is 18.4 Å². The van der Waals surface area contributed by atoms with Gasteiger partial charge in [-0.3, -0.25) is 14.9 Å². The number of aromatic nitrogens is 2. The number of fused-ring (bicyclic) bond motifs is 1. The first-order valence-corrected chi connectivity index (χ1v) is 15.4. The fourth-order valence-electron chi connectivity index (χ4n) is 5.37. The average molecular weight is 619 g/mol. The molecule has 0 aliphatic carbocycles. The Hall–Kier alpha value is -4.10. The number of alkyl halides is 2. The summed E-state index contributed by atoms with van der Waals surface area (Å²) in [5.74, 6) is -0.611. The third kappa shape index (κ3) is 8.34. The molecule has 1 aromatic heterocycles. The molecule has 3 aromatic rings. The summed E-state index contributed by atoms with van der Waals surface area (Å²) in [6.07, 6.45) is 0.496. The zero-order valence-electron chi connectivity index (χ0n) is 27.2. The summed E-state index contributed by atoms with van der Waals surface area (Å²) in [4.78, 5) is 33.3. The number of benzene rings is 2. The summed E-state index contributed by atoms with van der Waals surface area (Å²) in [6, 6.07) is 13.4. The van der Waals surface area contributed by atoms with E-state index in [1.54, 1.807) is 11.0 Å². The minimum atomic E-state index is -2.70. The monoisotopic (exact) mass is 618 g/mol. The lowest BCUT2D eigenvalue weighted by atomic mass is 9.88. The number of hydrogen-bond donors (Lipinski definition) is 2. The molecule has 1 fully saturated rings. The number of nitrogens with one attached hydrogen (secondary N) is 2. The van der Waals surface area contributed by atoms with Crippen LogP contribution in [0.1, 0.15) is 89.2 Å². The fourth-order valence-corrected chi connectivity index (χ4v) is 5.37. The van der Waals surface area contributed by atoms with Crippen LogP contribution in [0, 0.1) is 22.2 Å². The maximum atomic E-state index is 13.5. The van der Waals surface area contributed by atoms with Crippen molar-refractivity contribution in [3.05, 3.63) is 70.8 Å². The molecule has 2 unspecified atom stereocenters. The van der Waals surface area contributed by atoms with Crippen LogP contribution in [0.3, 0.4) is 0 Å². The zero-order valence-corrected chi connectivity index (χ0v) is 27.2. The van der Waals surface area contributed by atoms with Crippen LogP contribution in [0.5, 0.6) is 0 Å². The minimum Gasteiger partial charge on any atom is -0.333 e. The van der Waals surface area contributed by atoms with Crippen molar-refractivity contribution in [3.8, 4) is 6.07 Å². The van der Waals surface area contributed by atoms with Gasteiger partial charge in [0.05, 0.1) is 17.1 Å². The molecule has 0 bridgehead atoms. The van der Waals surface area contributed by atoms with E-state index in [1.807, 2.05) is 43.5 Å². The molecule has 1 aliphatic heterocycles. The zero-order chi connectivity index (χ0) is 33.1. The molecular weight excluding hydrogens is 574 g/mol. The second-order valence-electron chi connectivity index (χ2n) is 14.0. The van der Waals surface area contributed by atoms with Gasteiger partial charge in [0.2, 0.25) is 5.95 Å². The summed E-state index contributed by atoms with van der Waals surface area (Å²) in [5, 5.41) is 16.2. The largest absolute Gasteiger partial charge is 0.333 e. The van der Waals surface area contributed by atoms with Gasteiger partial charge in [0, 0.05) is 36.8 Å². The van der Waals surface area contributed by atoms with E-state index in [4.69, 9.17) is 4.98 Å². The van der Waals surface area contributed by atoms with Crippen molar-refractivity contribution >= 4 is 28.8 Å². The molecule has 4 rings (SSSR count). The molecule has 2 N–H and O–H groups in total. The lowest BCUT2D eigenvalue weighted by molar-refractivity contribution is -0.127. The number of allylic oxidation sites excluding steroid dienone is 1. The van der Waals surface area contributed by atoms with Crippen LogP contribution in [-0.4, -0.2) is 44.9 Å². The van der Waals surface area contributed by atoms with E-state index in [0.29, 0.717) is 25.2 Å². The number of likely N-dealkylation sites (tertiary alicyclic amines) is 1. The smallest absolute Gasteiger partial charge is 0.264 e. The van der Waals surface area contributed by atoms with Crippen LogP contribution in [0.15, 0.2) is 54.1 Å². The highest BCUT2D eigenvalue weighted by Crippen LogP contribution is 2.29. The Kier molecular flexibility index (Phi) is 10.1. The third-order valence-corrected chi connectivity index (χ3v) is 8.31. The Balaban J connectivity index is 1.69. The van der Waals surface area contributed by atoms with Crippen molar-refractivity contribution in [2.24, 2.45) is 10.8 Å². The Labute approximate surface area is 264 Å². The highest BCUT2D eigenvalue weighted by molar-refractivity contribution is 6.04. The number of nitriles is 1. The number of carbonyl (C=O) groups is 2. The van der Waals surface area contributed by atoms with Crippen molar-refractivity contribution in [2.45, 2.75) is 92.9 Å². The van der Waals surface area contributed by atoms with Gasteiger partial charge in [-0.25, -0.2) is 13.8 Å². The van der Waals surface area contributed by atoms with Gasteiger partial charge in [0.1, 0.15) is 11.6 Å². The number of imidazole rings is 1. The van der Waals surface area contributed by atoms with E-state index in [9.17, 15) is 23.6 Å². The summed E-state index contributed by atoms with van der Waals surface area (Å²) in [5.41, 5.74) is 2.16. The number of amides is 2. The quantitative estimate of drug-likeness (QED) is 0.194. The van der Waals surface area contributed by atoms with Gasteiger partial charge in [-0.2, -0.15) is 5.26 Å². The van der Waals surface area contributed by atoms with Crippen LogP contribution in [0.25, 0.3) is 11.0 Å². The molecule has 2 atom stereocenters. The van der Waals surface area contributed by atoms with Gasteiger partial charge in [-0.15, -0.1) is 0 Å². The van der Waals surface area contributed by atoms with E-state index >= 15 is 0 Å². The Morgan fingerprint density at radius 3 is 2.51 bits per heavy atom. The first-order chi connectivity index (χ1) is 21.1. The molecule has 0 spiro atoms. The van der Waals surface area contributed by atoms with Gasteiger partial charge in [-0.1, -0.05) is 65.8 Å². The van der Waals surface area contributed by atoms with Crippen molar-refractivity contribution in [1.82, 2.24) is 19.8 Å². The summed E-state index contributed by atoms with van der Waals surface area (Å²) < 4.78 is 28.6. The molecule has 2 amide bonds. The molecule has 0 saturated carbocycles. The van der Waals surface area contributed by atoms with Crippen LogP contribution in [-0.2, 0) is 17.9 Å². The number of hydrogen-bond acceptors (Lipinski definition) is 5. The minimum absolute atomic E-state index is 0.0861. The van der Waals surface area contributed by atoms with Crippen molar-refractivity contribution in [1.29, 1.82) is 5.26 Å². The van der Waals surface area contributed by atoms with Crippen molar-refractivity contribution in [2.75, 3.05) is 11.9 Å². The molecule has 240 valence electrons. The Bertz CT molecular complexity index is 1620. The number of carbonyl (C=O) groups excluding carboxylic acids is 2. The van der Waals surface area contributed by atoms with Crippen molar-refractivity contribution in [3.63, 3.8) is 0 Å². The van der Waals surface area contributed by atoms with Gasteiger partial charge in [0.25, 0.3) is 18.2 Å². The molecule has 2 heterocycles. The lowest BCUT2D eigenvalue weighted by Gasteiger charge is -2.28. The summed E-state index contributed by atoms with van der Waals surface area (Å²) in [6.45, 7) is 16.0. The van der Waals surface area contributed by atoms with E-state index in [-0.39, 0.29) is 51.5 Å². The maximum absolute atomic E-state index is 13.5. The highest BCUT2D eigenvalue weighted by Gasteiger charge is 2.33.